The van der Waals surface area contributed by atoms with Gasteiger partial charge in [0.05, 0.1) is 16.9 Å². The van der Waals surface area contributed by atoms with E-state index >= 15 is 0 Å². The second-order valence-corrected chi connectivity index (χ2v) is 7.86. The number of aromatic carboxylic acids is 1. The molecular formula is C19H22F2N2O4S. The third kappa shape index (κ3) is 4.98. The van der Waals surface area contributed by atoms with Crippen molar-refractivity contribution in [3.8, 4) is 0 Å². The first-order valence-electron chi connectivity index (χ1n) is 8.79. The van der Waals surface area contributed by atoms with Gasteiger partial charge >= 0.3 is 5.97 Å². The minimum Gasteiger partial charge on any atom is -0.478 e. The van der Waals surface area contributed by atoms with Crippen LogP contribution in [0.2, 0.25) is 0 Å². The van der Waals surface area contributed by atoms with Crippen LogP contribution in [0.25, 0.3) is 0 Å². The molecule has 152 valence electrons. The monoisotopic (exact) mass is 412 g/mol. The van der Waals surface area contributed by atoms with Gasteiger partial charge in [0.15, 0.2) is 0 Å². The highest BCUT2D eigenvalue weighted by Gasteiger charge is 2.23. The van der Waals surface area contributed by atoms with E-state index < -0.39 is 32.5 Å². The molecule has 0 atom stereocenters. The van der Waals surface area contributed by atoms with Crippen molar-refractivity contribution in [3.05, 3.63) is 53.6 Å². The van der Waals surface area contributed by atoms with Gasteiger partial charge in [-0.1, -0.05) is 13.8 Å². The minimum atomic E-state index is -4.48. The molecule has 0 bridgehead atoms. The summed E-state index contributed by atoms with van der Waals surface area (Å²) >= 11 is 0. The van der Waals surface area contributed by atoms with E-state index in [1.807, 2.05) is 18.7 Å². The summed E-state index contributed by atoms with van der Waals surface area (Å²) in [6.45, 7) is 5.15. The minimum absolute atomic E-state index is 0.00883. The summed E-state index contributed by atoms with van der Waals surface area (Å²) in [5.74, 6) is -3.25. The van der Waals surface area contributed by atoms with Crippen LogP contribution in [0.4, 0.5) is 20.2 Å². The van der Waals surface area contributed by atoms with E-state index in [9.17, 15) is 27.1 Å². The van der Waals surface area contributed by atoms with Crippen molar-refractivity contribution in [1.82, 2.24) is 0 Å². The number of nitrogens with zero attached hydrogens (tertiary/aromatic N) is 1. The van der Waals surface area contributed by atoms with Gasteiger partial charge in [0, 0.05) is 13.1 Å². The van der Waals surface area contributed by atoms with Gasteiger partial charge in [0.25, 0.3) is 10.0 Å². The lowest BCUT2D eigenvalue weighted by molar-refractivity contribution is 0.0697. The molecule has 0 amide bonds. The van der Waals surface area contributed by atoms with Gasteiger partial charge < -0.3 is 10.0 Å². The second-order valence-electron chi connectivity index (χ2n) is 6.20. The Morgan fingerprint density at radius 1 is 1.07 bits per heavy atom. The molecule has 0 aliphatic carbocycles. The standard InChI is InChI=1S/C19H22F2N2O4S/c1-3-9-23(10-4-2)17-8-5-13(19(24)25)11-16(17)22-28(26,27)18-12-14(20)6-7-15(18)21/h5-8,11-12,22H,3-4,9-10H2,1-2H3,(H,24,25). The molecule has 28 heavy (non-hydrogen) atoms. The van der Waals surface area contributed by atoms with Crippen LogP contribution in [-0.4, -0.2) is 32.6 Å². The quantitative estimate of drug-likeness (QED) is 0.648. The number of hydrogen-bond donors (Lipinski definition) is 2. The Bertz CT molecular complexity index is 958. The summed E-state index contributed by atoms with van der Waals surface area (Å²) in [5, 5.41) is 9.24. The number of anilines is 2. The molecule has 9 heteroatoms. The van der Waals surface area contributed by atoms with Crippen molar-refractivity contribution < 1.29 is 27.1 Å². The second kappa shape index (κ2) is 9.01. The highest BCUT2D eigenvalue weighted by molar-refractivity contribution is 7.92. The first-order chi connectivity index (χ1) is 13.2. The van der Waals surface area contributed by atoms with Crippen LogP contribution < -0.4 is 9.62 Å². The van der Waals surface area contributed by atoms with Crippen molar-refractivity contribution in [2.75, 3.05) is 22.7 Å². The zero-order valence-corrected chi connectivity index (χ0v) is 16.4. The molecule has 0 radical (unpaired) electrons. The molecule has 0 spiro atoms. The molecule has 0 heterocycles. The number of carbonyl (C=O) groups is 1. The van der Waals surface area contributed by atoms with Gasteiger partial charge in [0.2, 0.25) is 0 Å². The van der Waals surface area contributed by atoms with Gasteiger partial charge in [-0.2, -0.15) is 0 Å². The smallest absolute Gasteiger partial charge is 0.335 e. The fraction of sp³-hybridized carbons (Fsp3) is 0.316. The Balaban J connectivity index is 2.56. The van der Waals surface area contributed by atoms with E-state index in [0.717, 1.165) is 25.0 Å². The van der Waals surface area contributed by atoms with Crippen molar-refractivity contribution in [2.45, 2.75) is 31.6 Å². The highest BCUT2D eigenvalue weighted by Crippen LogP contribution is 2.31. The van der Waals surface area contributed by atoms with Crippen LogP contribution in [0.15, 0.2) is 41.3 Å². The molecule has 0 fully saturated rings. The number of nitrogens with one attached hydrogen (secondary N) is 1. The summed E-state index contributed by atoms with van der Waals surface area (Å²) in [5.41, 5.74) is 0.327. The van der Waals surface area contributed by atoms with Crippen LogP contribution in [0.5, 0.6) is 0 Å². The van der Waals surface area contributed by atoms with Crippen molar-refractivity contribution >= 4 is 27.4 Å². The fourth-order valence-corrected chi connectivity index (χ4v) is 3.96. The summed E-state index contributed by atoms with van der Waals surface area (Å²) in [6.07, 6.45) is 1.57. The molecule has 0 saturated heterocycles. The van der Waals surface area contributed by atoms with Crippen LogP contribution in [0.1, 0.15) is 37.0 Å². The predicted molar refractivity (Wildman–Crippen MR) is 103 cm³/mol. The number of rotatable bonds is 9. The Labute approximate surface area is 162 Å². The maximum atomic E-state index is 14.0. The molecule has 2 N–H and O–H groups in total. The lowest BCUT2D eigenvalue weighted by Crippen LogP contribution is -2.27. The maximum Gasteiger partial charge on any atom is 0.335 e. The molecule has 0 saturated carbocycles. The molecule has 0 aliphatic heterocycles. The Kier molecular flexibility index (Phi) is 6.95. The third-order valence-corrected chi connectivity index (χ3v) is 5.38. The first-order valence-corrected chi connectivity index (χ1v) is 10.3. The van der Waals surface area contributed by atoms with Crippen LogP contribution in [-0.2, 0) is 10.0 Å². The molecule has 0 unspecified atom stereocenters. The average Bonchev–Trinajstić information content (AvgIpc) is 2.63. The zero-order valence-electron chi connectivity index (χ0n) is 15.6. The molecule has 0 aliphatic rings. The van der Waals surface area contributed by atoms with Crippen molar-refractivity contribution in [2.24, 2.45) is 0 Å². The normalized spacial score (nSPS) is 11.3. The Morgan fingerprint density at radius 2 is 1.71 bits per heavy atom. The maximum absolute atomic E-state index is 14.0. The van der Waals surface area contributed by atoms with E-state index in [2.05, 4.69) is 4.72 Å². The van der Waals surface area contributed by atoms with E-state index in [1.54, 1.807) is 0 Å². The molecule has 2 aromatic rings. The molecule has 0 aromatic heterocycles. The summed E-state index contributed by atoms with van der Waals surface area (Å²) in [7, 11) is -4.48. The van der Waals surface area contributed by atoms with Crippen molar-refractivity contribution in [1.29, 1.82) is 0 Å². The zero-order chi connectivity index (χ0) is 20.9. The lowest BCUT2D eigenvalue weighted by atomic mass is 10.1. The van der Waals surface area contributed by atoms with E-state index in [4.69, 9.17) is 0 Å². The van der Waals surface area contributed by atoms with Crippen LogP contribution >= 0.6 is 0 Å². The van der Waals surface area contributed by atoms with Gasteiger partial charge in [-0.05, 0) is 49.2 Å². The fourth-order valence-electron chi connectivity index (χ4n) is 2.80. The molecule has 2 rings (SSSR count). The van der Waals surface area contributed by atoms with E-state index in [1.165, 1.54) is 18.2 Å². The van der Waals surface area contributed by atoms with Gasteiger partial charge in [-0.25, -0.2) is 22.0 Å². The summed E-state index contributed by atoms with van der Waals surface area (Å²) in [4.78, 5) is 12.4. The highest BCUT2D eigenvalue weighted by atomic mass is 32.2. The first kappa shape index (κ1) is 21.6. The SMILES string of the molecule is CCCN(CCC)c1ccc(C(=O)O)cc1NS(=O)(=O)c1cc(F)ccc1F. The summed E-state index contributed by atoms with van der Waals surface area (Å²) in [6, 6.07) is 6.16. The molecule has 6 nitrogen and oxygen atoms in total. The van der Waals surface area contributed by atoms with Gasteiger partial charge in [-0.15, -0.1) is 0 Å². The Hall–Kier alpha value is -2.68. The predicted octanol–water partition coefficient (Wildman–Crippen LogP) is 4.09. The van der Waals surface area contributed by atoms with Crippen molar-refractivity contribution in [3.63, 3.8) is 0 Å². The number of sulfonamides is 1. The number of carboxylic acids is 1. The average molecular weight is 412 g/mol. The largest absolute Gasteiger partial charge is 0.478 e. The van der Waals surface area contributed by atoms with Crippen LogP contribution in [0.3, 0.4) is 0 Å². The third-order valence-electron chi connectivity index (χ3n) is 4.00. The molecular weight excluding hydrogens is 390 g/mol. The number of carboxylic acid groups (broad SMARTS) is 1. The van der Waals surface area contributed by atoms with Gasteiger partial charge in [0.1, 0.15) is 16.5 Å². The number of hydrogen-bond acceptors (Lipinski definition) is 4. The topological polar surface area (TPSA) is 86.7 Å². The number of benzene rings is 2. The van der Waals surface area contributed by atoms with Gasteiger partial charge in [-0.3, -0.25) is 4.72 Å². The lowest BCUT2D eigenvalue weighted by Gasteiger charge is -2.27. The molecule has 2 aromatic carbocycles. The summed E-state index contributed by atoms with van der Waals surface area (Å²) < 4.78 is 55.0. The number of halogens is 2. The Morgan fingerprint density at radius 3 is 2.29 bits per heavy atom. The van der Waals surface area contributed by atoms with E-state index in [-0.39, 0.29) is 11.3 Å². The van der Waals surface area contributed by atoms with Crippen LogP contribution in [0, 0.1) is 11.6 Å². The van der Waals surface area contributed by atoms with E-state index in [0.29, 0.717) is 24.8 Å².